The second-order valence-corrected chi connectivity index (χ2v) is 5.51. The summed E-state index contributed by atoms with van der Waals surface area (Å²) in [6.45, 7) is 3.15. The summed E-state index contributed by atoms with van der Waals surface area (Å²) in [7, 11) is 0. The van der Waals surface area contributed by atoms with Crippen LogP contribution in [0.4, 0.5) is 0 Å². The number of hydrogen-bond donors (Lipinski definition) is 0. The molecule has 2 nitrogen and oxygen atoms in total. The topological polar surface area (TPSA) is 34.1 Å². The molecule has 0 N–H and O–H groups in total. The normalized spacial score (nSPS) is 10.9. The molecule has 0 aliphatic carbocycles. The third-order valence-corrected chi connectivity index (χ3v) is 3.76. The van der Waals surface area contributed by atoms with E-state index in [-0.39, 0.29) is 10.9 Å². The molecule has 0 bridgehead atoms. The lowest BCUT2D eigenvalue weighted by molar-refractivity contribution is -0.109. The van der Waals surface area contributed by atoms with E-state index in [2.05, 4.69) is 0 Å². The monoisotopic (exact) mass is 254 g/mol. The maximum atomic E-state index is 11.1. The Kier molecular flexibility index (Phi) is 5.49. The van der Waals surface area contributed by atoms with Crippen LogP contribution in [0.2, 0.25) is 0 Å². The molecule has 0 spiro atoms. The van der Waals surface area contributed by atoms with Crippen LogP contribution in [0.1, 0.15) is 35.5 Å². The fourth-order valence-corrected chi connectivity index (χ4v) is 2.43. The van der Waals surface area contributed by atoms with Crippen molar-refractivity contribution >= 4 is 40.1 Å². The van der Waals surface area contributed by atoms with Crippen LogP contribution in [0.5, 0.6) is 0 Å². The van der Waals surface area contributed by atoms with Crippen LogP contribution in [0.3, 0.4) is 0 Å². The Morgan fingerprint density at radius 3 is 2.75 bits per heavy atom. The van der Waals surface area contributed by atoms with Gasteiger partial charge in [0.25, 0.3) is 0 Å². The van der Waals surface area contributed by atoms with Gasteiger partial charge in [0.15, 0.2) is 10.9 Å². The van der Waals surface area contributed by atoms with Crippen LogP contribution < -0.4 is 0 Å². The van der Waals surface area contributed by atoms with E-state index in [1.165, 1.54) is 23.1 Å². The standard InChI is InChI=1S/C12H14O2S2/c1-9(13)12-7-11(8-16-12)5-3-4-6-15-10(2)14/h3,5,7-8H,4,6H2,1-2H3. The zero-order chi connectivity index (χ0) is 12.0. The van der Waals surface area contributed by atoms with Gasteiger partial charge in [0.1, 0.15) is 0 Å². The van der Waals surface area contributed by atoms with Gasteiger partial charge in [-0.15, -0.1) is 11.3 Å². The van der Waals surface area contributed by atoms with Gasteiger partial charge in [-0.3, -0.25) is 9.59 Å². The first-order chi connectivity index (χ1) is 7.59. The number of allylic oxidation sites excluding steroid dienone is 1. The van der Waals surface area contributed by atoms with E-state index in [4.69, 9.17) is 0 Å². The largest absolute Gasteiger partial charge is 0.294 e. The lowest BCUT2D eigenvalue weighted by atomic mass is 10.2. The lowest BCUT2D eigenvalue weighted by Crippen LogP contribution is -1.84. The molecule has 0 fully saturated rings. The fourth-order valence-electron chi connectivity index (χ4n) is 1.11. The Hall–Kier alpha value is -0.870. The maximum absolute atomic E-state index is 11.1. The second kappa shape index (κ2) is 6.66. The van der Waals surface area contributed by atoms with Gasteiger partial charge in [0, 0.05) is 12.7 Å². The number of hydrogen-bond acceptors (Lipinski definition) is 4. The van der Waals surface area contributed by atoms with Crippen LogP contribution in [0.15, 0.2) is 17.5 Å². The molecule has 0 atom stereocenters. The van der Waals surface area contributed by atoms with Crippen molar-refractivity contribution in [2.75, 3.05) is 5.75 Å². The molecule has 16 heavy (non-hydrogen) atoms. The highest BCUT2D eigenvalue weighted by molar-refractivity contribution is 8.13. The number of carbonyl (C=O) groups excluding carboxylic acids is 2. The van der Waals surface area contributed by atoms with Gasteiger partial charge >= 0.3 is 0 Å². The van der Waals surface area contributed by atoms with Crippen LogP contribution in [-0.4, -0.2) is 16.7 Å². The number of Topliss-reactive ketones (excluding diaryl/α,β-unsaturated/α-hetero) is 1. The summed E-state index contributed by atoms with van der Waals surface area (Å²) in [4.78, 5) is 22.5. The molecule has 0 aliphatic heterocycles. The van der Waals surface area contributed by atoms with E-state index in [1.807, 2.05) is 23.6 Å². The van der Waals surface area contributed by atoms with E-state index in [0.717, 1.165) is 22.6 Å². The molecule has 0 radical (unpaired) electrons. The number of carbonyl (C=O) groups is 2. The van der Waals surface area contributed by atoms with Crippen molar-refractivity contribution in [2.24, 2.45) is 0 Å². The van der Waals surface area contributed by atoms with Crippen LogP contribution in [0, 0.1) is 0 Å². The lowest BCUT2D eigenvalue weighted by Gasteiger charge is -1.90. The number of thioether (sulfide) groups is 1. The molecule has 1 aromatic heterocycles. The molecule has 0 aliphatic rings. The van der Waals surface area contributed by atoms with Gasteiger partial charge in [0.2, 0.25) is 0 Å². The van der Waals surface area contributed by atoms with Crippen LogP contribution in [0.25, 0.3) is 6.08 Å². The van der Waals surface area contributed by atoms with Crippen molar-refractivity contribution in [2.45, 2.75) is 20.3 Å². The molecule has 0 amide bonds. The average Bonchev–Trinajstić information content (AvgIpc) is 2.65. The maximum Gasteiger partial charge on any atom is 0.185 e. The summed E-state index contributed by atoms with van der Waals surface area (Å²) >= 11 is 2.80. The average molecular weight is 254 g/mol. The second-order valence-electron chi connectivity index (χ2n) is 3.33. The van der Waals surface area contributed by atoms with Crippen LogP contribution in [-0.2, 0) is 4.79 Å². The Morgan fingerprint density at radius 1 is 1.44 bits per heavy atom. The SMILES string of the molecule is CC(=O)SCCC=Cc1csc(C(C)=O)c1. The summed E-state index contributed by atoms with van der Waals surface area (Å²) in [6, 6.07) is 1.89. The van der Waals surface area contributed by atoms with E-state index in [1.54, 1.807) is 13.8 Å². The molecular weight excluding hydrogens is 240 g/mol. The minimum atomic E-state index is 0.108. The molecule has 0 aromatic carbocycles. The summed E-state index contributed by atoms with van der Waals surface area (Å²) < 4.78 is 0. The van der Waals surface area contributed by atoms with Crippen molar-refractivity contribution in [3.8, 4) is 0 Å². The summed E-state index contributed by atoms with van der Waals surface area (Å²) in [5.41, 5.74) is 1.06. The molecule has 4 heteroatoms. The van der Waals surface area contributed by atoms with E-state index in [0.29, 0.717) is 0 Å². The first-order valence-corrected chi connectivity index (χ1v) is 6.85. The highest BCUT2D eigenvalue weighted by atomic mass is 32.2. The smallest absolute Gasteiger partial charge is 0.185 e. The Balaban J connectivity index is 2.38. The van der Waals surface area contributed by atoms with Gasteiger partial charge in [-0.25, -0.2) is 0 Å². The van der Waals surface area contributed by atoms with Gasteiger partial charge in [-0.2, -0.15) is 0 Å². The highest BCUT2D eigenvalue weighted by Crippen LogP contribution is 2.16. The predicted molar refractivity (Wildman–Crippen MR) is 71.1 cm³/mol. The molecule has 0 unspecified atom stereocenters. The highest BCUT2D eigenvalue weighted by Gasteiger charge is 2.01. The minimum Gasteiger partial charge on any atom is -0.294 e. The molecule has 0 saturated heterocycles. The molecular formula is C12H14O2S2. The van der Waals surface area contributed by atoms with Gasteiger partial charge in [0.05, 0.1) is 4.88 Å². The van der Waals surface area contributed by atoms with Crippen molar-refractivity contribution in [1.29, 1.82) is 0 Å². The number of rotatable bonds is 5. The van der Waals surface area contributed by atoms with Crippen molar-refractivity contribution in [1.82, 2.24) is 0 Å². The molecule has 1 heterocycles. The first-order valence-electron chi connectivity index (χ1n) is 4.99. The Labute approximate surface area is 104 Å². The van der Waals surface area contributed by atoms with E-state index < -0.39 is 0 Å². The molecule has 86 valence electrons. The third kappa shape index (κ3) is 4.77. The predicted octanol–water partition coefficient (Wildman–Crippen LogP) is 3.63. The van der Waals surface area contributed by atoms with Crippen molar-refractivity contribution in [3.05, 3.63) is 28.0 Å². The van der Waals surface area contributed by atoms with Crippen LogP contribution >= 0.6 is 23.1 Å². The Morgan fingerprint density at radius 2 is 2.19 bits per heavy atom. The zero-order valence-electron chi connectivity index (χ0n) is 9.36. The minimum absolute atomic E-state index is 0.108. The number of thiophene rings is 1. The molecule has 0 saturated carbocycles. The fraction of sp³-hybridized carbons (Fsp3) is 0.333. The summed E-state index contributed by atoms with van der Waals surface area (Å²) in [5.74, 6) is 0.923. The summed E-state index contributed by atoms with van der Waals surface area (Å²) in [5, 5.41) is 2.12. The third-order valence-electron chi connectivity index (χ3n) is 1.87. The van der Waals surface area contributed by atoms with E-state index >= 15 is 0 Å². The van der Waals surface area contributed by atoms with E-state index in [9.17, 15) is 9.59 Å². The van der Waals surface area contributed by atoms with Gasteiger partial charge in [-0.05, 0) is 30.4 Å². The van der Waals surface area contributed by atoms with Gasteiger partial charge < -0.3 is 0 Å². The summed E-state index contributed by atoms with van der Waals surface area (Å²) in [6.07, 6.45) is 4.89. The quantitative estimate of drug-likeness (QED) is 0.594. The molecule has 1 rings (SSSR count). The first kappa shape index (κ1) is 13.2. The Bertz CT molecular complexity index is 405. The number of ketones is 1. The van der Waals surface area contributed by atoms with Gasteiger partial charge in [-0.1, -0.05) is 23.9 Å². The zero-order valence-corrected chi connectivity index (χ0v) is 11.0. The van der Waals surface area contributed by atoms with Crippen molar-refractivity contribution in [3.63, 3.8) is 0 Å². The molecule has 1 aromatic rings. The van der Waals surface area contributed by atoms with Crippen molar-refractivity contribution < 1.29 is 9.59 Å².